The molecular formula is C21H23NO3S2. The highest BCUT2D eigenvalue weighted by molar-refractivity contribution is 8.16. The maximum Gasteiger partial charge on any atom is 0.338 e. The van der Waals surface area contributed by atoms with Crippen LogP contribution in [0.4, 0.5) is 5.69 Å². The number of thioether (sulfide) groups is 2. The predicted molar refractivity (Wildman–Crippen MR) is 114 cm³/mol. The minimum Gasteiger partial charge on any atom is -0.452 e. The molecule has 4 nitrogen and oxygen atoms in total. The lowest BCUT2D eigenvalue weighted by Crippen LogP contribution is -2.21. The number of benzene rings is 2. The van der Waals surface area contributed by atoms with Gasteiger partial charge in [-0.25, -0.2) is 4.79 Å². The van der Waals surface area contributed by atoms with E-state index in [4.69, 9.17) is 4.74 Å². The summed E-state index contributed by atoms with van der Waals surface area (Å²) < 4.78 is 5.59. The molecule has 1 N–H and O–H groups in total. The van der Waals surface area contributed by atoms with Crippen LogP contribution >= 0.6 is 23.5 Å². The smallest absolute Gasteiger partial charge is 0.338 e. The van der Waals surface area contributed by atoms with Gasteiger partial charge in [-0.2, -0.15) is 0 Å². The van der Waals surface area contributed by atoms with Gasteiger partial charge >= 0.3 is 5.97 Å². The Morgan fingerprint density at radius 2 is 1.78 bits per heavy atom. The molecule has 0 saturated carbocycles. The average Bonchev–Trinajstić information content (AvgIpc) is 2.70. The van der Waals surface area contributed by atoms with Crippen molar-refractivity contribution in [1.29, 1.82) is 0 Å². The molecule has 0 unspecified atom stereocenters. The number of esters is 1. The molecule has 27 heavy (non-hydrogen) atoms. The van der Waals surface area contributed by atoms with Gasteiger partial charge in [-0.3, -0.25) is 4.79 Å². The van der Waals surface area contributed by atoms with Gasteiger partial charge in [0.2, 0.25) is 0 Å². The molecule has 1 aliphatic rings. The first-order chi connectivity index (χ1) is 13.0. The fraction of sp³-hybridized carbons (Fsp3) is 0.333. The third-order valence-electron chi connectivity index (χ3n) is 4.25. The Balaban J connectivity index is 1.52. The number of hydrogen-bond donors (Lipinski definition) is 1. The summed E-state index contributed by atoms with van der Waals surface area (Å²) in [5.74, 6) is 1.53. The van der Waals surface area contributed by atoms with E-state index in [9.17, 15) is 9.59 Å². The van der Waals surface area contributed by atoms with Gasteiger partial charge in [0.05, 0.1) is 10.1 Å². The van der Waals surface area contributed by atoms with E-state index in [2.05, 4.69) is 5.32 Å². The Labute approximate surface area is 168 Å². The van der Waals surface area contributed by atoms with E-state index in [0.717, 1.165) is 16.8 Å². The monoisotopic (exact) mass is 401 g/mol. The number of aryl methyl sites for hydroxylation is 2. The average molecular weight is 402 g/mol. The molecule has 2 aromatic carbocycles. The van der Waals surface area contributed by atoms with Crippen molar-refractivity contribution >= 4 is 41.1 Å². The topological polar surface area (TPSA) is 55.4 Å². The maximum absolute atomic E-state index is 12.2. The van der Waals surface area contributed by atoms with E-state index >= 15 is 0 Å². The molecule has 1 amide bonds. The van der Waals surface area contributed by atoms with Gasteiger partial charge in [0.1, 0.15) is 0 Å². The van der Waals surface area contributed by atoms with Gasteiger partial charge in [0.15, 0.2) is 6.61 Å². The molecule has 1 aliphatic heterocycles. The fourth-order valence-electron chi connectivity index (χ4n) is 2.73. The minimum absolute atomic E-state index is 0.303. The van der Waals surface area contributed by atoms with E-state index in [-0.39, 0.29) is 12.5 Å². The third-order valence-corrected chi connectivity index (χ3v) is 7.26. The van der Waals surface area contributed by atoms with E-state index < -0.39 is 5.97 Å². The Bertz CT molecular complexity index is 815. The van der Waals surface area contributed by atoms with Crippen molar-refractivity contribution in [3.05, 3.63) is 64.7 Å². The Morgan fingerprint density at radius 1 is 1.07 bits per heavy atom. The summed E-state index contributed by atoms with van der Waals surface area (Å²) in [6, 6.07) is 13.3. The first-order valence-electron chi connectivity index (χ1n) is 8.90. The van der Waals surface area contributed by atoms with Crippen LogP contribution in [-0.4, -0.2) is 30.0 Å². The van der Waals surface area contributed by atoms with Crippen LogP contribution in [0.2, 0.25) is 0 Å². The van der Waals surface area contributed by atoms with E-state index in [1.807, 2.05) is 67.7 Å². The van der Waals surface area contributed by atoms with Gasteiger partial charge in [-0.1, -0.05) is 24.3 Å². The number of nitrogens with one attached hydrogen (secondary N) is 1. The summed E-state index contributed by atoms with van der Waals surface area (Å²) in [6.07, 6.45) is 1.25. The Kier molecular flexibility index (Phi) is 6.85. The number of rotatable bonds is 5. The van der Waals surface area contributed by atoms with Crippen LogP contribution in [0.1, 0.15) is 38.1 Å². The standard InChI is InChI=1S/C21H23NO3S2/c1-14-4-5-15(2)18(12-14)22-19(23)13-25-20(24)16-6-8-17(9-7-16)21-26-10-3-11-27-21/h4-9,12,21H,3,10-11,13H2,1-2H3,(H,22,23). The molecular weight excluding hydrogens is 378 g/mol. The highest BCUT2D eigenvalue weighted by atomic mass is 32.2. The van der Waals surface area contributed by atoms with Crippen molar-refractivity contribution in [1.82, 2.24) is 0 Å². The summed E-state index contributed by atoms with van der Waals surface area (Å²) in [7, 11) is 0. The van der Waals surface area contributed by atoms with Crippen molar-refractivity contribution in [2.45, 2.75) is 24.9 Å². The van der Waals surface area contributed by atoms with Crippen LogP contribution in [0, 0.1) is 13.8 Å². The highest BCUT2D eigenvalue weighted by Crippen LogP contribution is 2.43. The lowest BCUT2D eigenvalue weighted by Gasteiger charge is -2.21. The van der Waals surface area contributed by atoms with Gasteiger partial charge in [0.25, 0.3) is 5.91 Å². The molecule has 142 valence electrons. The zero-order chi connectivity index (χ0) is 19.2. The quantitative estimate of drug-likeness (QED) is 0.717. The molecule has 0 atom stereocenters. The Morgan fingerprint density at radius 3 is 2.48 bits per heavy atom. The number of carbonyl (C=O) groups excluding carboxylic acids is 2. The molecule has 0 aromatic heterocycles. The number of anilines is 1. The van der Waals surface area contributed by atoms with Crippen LogP contribution < -0.4 is 5.32 Å². The molecule has 2 aromatic rings. The van der Waals surface area contributed by atoms with Gasteiger partial charge in [-0.05, 0) is 66.7 Å². The van der Waals surface area contributed by atoms with Crippen molar-refractivity contribution < 1.29 is 14.3 Å². The highest BCUT2D eigenvalue weighted by Gasteiger charge is 2.17. The van der Waals surface area contributed by atoms with Gasteiger partial charge < -0.3 is 10.1 Å². The molecule has 0 bridgehead atoms. The lowest BCUT2D eigenvalue weighted by molar-refractivity contribution is -0.119. The van der Waals surface area contributed by atoms with E-state index in [1.165, 1.54) is 23.5 Å². The molecule has 1 fully saturated rings. The number of amides is 1. The van der Waals surface area contributed by atoms with Crippen LogP contribution in [0.25, 0.3) is 0 Å². The first-order valence-corrected chi connectivity index (χ1v) is 11.0. The van der Waals surface area contributed by atoms with Gasteiger partial charge in [-0.15, -0.1) is 23.5 Å². The predicted octanol–water partition coefficient (Wildman–Crippen LogP) is 4.97. The lowest BCUT2D eigenvalue weighted by atomic mass is 10.1. The van der Waals surface area contributed by atoms with Crippen LogP contribution in [0.15, 0.2) is 42.5 Å². The van der Waals surface area contributed by atoms with Gasteiger partial charge in [0, 0.05) is 5.69 Å². The summed E-state index contributed by atoms with van der Waals surface area (Å²) in [5, 5.41) is 2.79. The summed E-state index contributed by atoms with van der Waals surface area (Å²) in [5.41, 5.74) is 4.44. The number of hydrogen-bond acceptors (Lipinski definition) is 5. The van der Waals surface area contributed by atoms with E-state index in [0.29, 0.717) is 10.1 Å². The first kappa shape index (κ1) is 19.8. The normalized spacial score (nSPS) is 14.6. The molecule has 0 aliphatic carbocycles. The van der Waals surface area contributed by atoms with Crippen molar-refractivity contribution in [3.63, 3.8) is 0 Å². The van der Waals surface area contributed by atoms with Crippen molar-refractivity contribution in [2.24, 2.45) is 0 Å². The fourth-order valence-corrected chi connectivity index (χ4v) is 5.62. The molecule has 6 heteroatoms. The second-order valence-electron chi connectivity index (χ2n) is 6.49. The minimum atomic E-state index is -0.485. The molecule has 3 rings (SSSR count). The van der Waals surface area contributed by atoms with Crippen LogP contribution in [-0.2, 0) is 9.53 Å². The summed E-state index contributed by atoms with van der Waals surface area (Å²) in [6.45, 7) is 3.58. The zero-order valence-corrected chi connectivity index (χ0v) is 17.1. The Hall–Kier alpha value is -1.92. The zero-order valence-electron chi connectivity index (χ0n) is 15.5. The number of ether oxygens (including phenoxy) is 1. The third kappa shape index (κ3) is 5.53. The molecule has 1 saturated heterocycles. The van der Waals surface area contributed by atoms with Crippen LogP contribution in [0.3, 0.4) is 0 Å². The molecule has 1 heterocycles. The second-order valence-corrected chi connectivity index (χ2v) is 9.22. The van der Waals surface area contributed by atoms with Crippen molar-refractivity contribution in [3.8, 4) is 0 Å². The molecule has 0 spiro atoms. The van der Waals surface area contributed by atoms with Crippen molar-refractivity contribution in [2.75, 3.05) is 23.4 Å². The summed E-state index contributed by atoms with van der Waals surface area (Å²) in [4.78, 5) is 24.3. The largest absolute Gasteiger partial charge is 0.452 e. The SMILES string of the molecule is Cc1ccc(C)c(NC(=O)COC(=O)c2ccc(C3SCCCS3)cc2)c1. The molecule has 0 radical (unpaired) electrons. The van der Waals surface area contributed by atoms with Crippen LogP contribution in [0.5, 0.6) is 0 Å². The maximum atomic E-state index is 12.2. The number of carbonyl (C=O) groups is 2. The summed E-state index contributed by atoms with van der Waals surface area (Å²) >= 11 is 3.88. The van der Waals surface area contributed by atoms with E-state index in [1.54, 1.807) is 12.1 Å². The second kappa shape index (κ2) is 9.33.